The Morgan fingerprint density at radius 2 is 2.25 bits per heavy atom. The smallest absolute Gasteiger partial charge is 0.261 e. The van der Waals surface area contributed by atoms with Gasteiger partial charge in [-0.15, -0.1) is 0 Å². The lowest BCUT2D eigenvalue weighted by Crippen LogP contribution is -2.50. The van der Waals surface area contributed by atoms with Gasteiger partial charge in [0.15, 0.2) is 6.10 Å². The number of hydrogen-bond donors (Lipinski definition) is 2. The third-order valence-electron chi connectivity index (χ3n) is 3.81. The van der Waals surface area contributed by atoms with E-state index in [1.807, 2.05) is 38.1 Å². The molecule has 1 atom stereocenters. The Balaban J connectivity index is 1.88. The Bertz CT molecular complexity index is 469. The second kappa shape index (κ2) is 6.27. The summed E-state index contributed by atoms with van der Waals surface area (Å²) in [5, 5.41) is 12.8. The number of benzene rings is 1. The molecule has 1 aromatic carbocycles. The summed E-state index contributed by atoms with van der Waals surface area (Å²) in [5.74, 6) is 0.545. The standard InChI is InChI=1S/C16H23NO3/c1-3-14(20-13-7-4-6-12(2)10-13)15(18)17-11-16(19)8-5-9-16/h4,6-7,10,14,19H,3,5,8-9,11H2,1-2H3,(H,17,18). The first-order valence-electron chi connectivity index (χ1n) is 7.26. The molecule has 2 rings (SSSR count). The van der Waals surface area contributed by atoms with E-state index in [2.05, 4.69) is 5.32 Å². The van der Waals surface area contributed by atoms with Crippen LogP contribution in [0.5, 0.6) is 5.75 Å². The lowest BCUT2D eigenvalue weighted by atomic mass is 9.80. The summed E-state index contributed by atoms with van der Waals surface area (Å²) in [4.78, 5) is 12.1. The van der Waals surface area contributed by atoms with Gasteiger partial charge in [-0.25, -0.2) is 0 Å². The maximum atomic E-state index is 12.1. The van der Waals surface area contributed by atoms with Crippen molar-refractivity contribution < 1.29 is 14.6 Å². The van der Waals surface area contributed by atoms with E-state index in [1.165, 1.54) is 0 Å². The van der Waals surface area contributed by atoms with Gasteiger partial charge in [0, 0.05) is 6.54 Å². The Morgan fingerprint density at radius 3 is 2.80 bits per heavy atom. The maximum Gasteiger partial charge on any atom is 0.261 e. The Kier molecular flexibility index (Phi) is 4.65. The molecule has 1 fully saturated rings. The van der Waals surface area contributed by atoms with Gasteiger partial charge in [0.05, 0.1) is 5.60 Å². The van der Waals surface area contributed by atoms with Gasteiger partial charge in [-0.1, -0.05) is 19.1 Å². The van der Waals surface area contributed by atoms with Crippen molar-refractivity contribution in [1.82, 2.24) is 5.32 Å². The normalized spacial score (nSPS) is 17.9. The van der Waals surface area contributed by atoms with Gasteiger partial charge >= 0.3 is 0 Å². The Hall–Kier alpha value is -1.55. The lowest BCUT2D eigenvalue weighted by molar-refractivity contribution is -0.130. The molecule has 1 saturated carbocycles. The van der Waals surface area contributed by atoms with E-state index in [-0.39, 0.29) is 5.91 Å². The van der Waals surface area contributed by atoms with Gasteiger partial charge in [-0.3, -0.25) is 4.79 Å². The van der Waals surface area contributed by atoms with Crippen molar-refractivity contribution in [2.45, 2.75) is 51.2 Å². The summed E-state index contributed by atoms with van der Waals surface area (Å²) in [5.41, 5.74) is 0.402. The van der Waals surface area contributed by atoms with Gasteiger partial charge in [-0.2, -0.15) is 0 Å². The maximum absolute atomic E-state index is 12.1. The summed E-state index contributed by atoms with van der Waals surface area (Å²) < 4.78 is 5.73. The van der Waals surface area contributed by atoms with E-state index in [0.717, 1.165) is 24.8 Å². The largest absolute Gasteiger partial charge is 0.481 e. The van der Waals surface area contributed by atoms with Crippen molar-refractivity contribution >= 4 is 5.91 Å². The molecule has 0 spiro atoms. The number of aryl methyl sites for hydroxylation is 1. The molecule has 0 saturated heterocycles. The number of nitrogens with one attached hydrogen (secondary N) is 1. The molecule has 0 bridgehead atoms. The Labute approximate surface area is 120 Å². The minimum Gasteiger partial charge on any atom is -0.481 e. The van der Waals surface area contributed by atoms with Crippen molar-refractivity contribution in [1.29, 1.82) is 0 Å². The van der Waals surface area contributed by atoms with Crippen LogP contribution < -0.4 is 10.1 Å². The predicted molar refractivity (Wildman–Crippen MR) is 77.7 cm³/mol. The zero-order valence-electron chi connectivity index (χ0n) is 12.2. The van der Waals surface area contributed by atoms with Crippen LogP contribution in [0.1, 0.15) is 38.2 Å². The van der Waals surface area contributed by atoms with Crippen LogP contribution in [-0.2, 0) is 4.79 Å². The van der Waals surface area contributed by atoms with E-state index in [0.29, 0.717) is 18.7 Å². The number of rotatable bonds is 6. The van der Waals surface area contributed by atoms with E-state index in [1.54, 1.807) is 0 Å². The number of aliphatic hydroxyl groups is 1. The fourth-order valence-electron chi connectivity index (χ4n) is 2.30. The molecule has 0 radical (unpaired) electrons. The molecule has 1 unspecified atom stereocenters. The molecule has 1 aliphatic carbocycles. The SMILES string of the molecule is CCC(Oc1cccc(C)c1)C(=O)NCC1(O)CCC1. The summed E-state index contributed by atoms with van der Waals surface area (Å²) in [6.45, 7) is 4.22. The topological polar surface area (TPSA) is 58.6 Å². The summed E-state index contributed by atoms with van der Waals surface area (Å²) in [6, 6.07) is 7.66. The molecular weight excluding hydrogens is 254 g/mol. The quantitative estimate of drug-likeness (QED) is 0.838. The van der Waals surface area contributed by atoms with Crippen LogP contribution in [0.25, 0.3) is 0 Å². The minimum atomic E-state index is -0.697. The van der Waals surface area contributed by atoms with Crippen LogP contribution >= 0.6 is 0 Å². The second-order valence-corrected chi connectivity index (χ2v) is 5.63. The van der Waals surface area contributed by atoms with Crippen LogP contribution in [-0.4, -0.2) is 29.3 Å². The molecule has 2 N–H and O–H groups in total. The van der Waals surface area contributed by atoms with Crippen molar-refractivity contribution in [2.24, 2.45) is 0 Å². The summed E-state index contributed by atoms with van der Waals surface area (Å²) >= 11 is 0. The lowest BCUT2D eigenvalue weighted by Gasteiger charge is -2.36. The average molecular weight is 277 g/mol. The highest BCUT2D eigenvalue weighted by Gasteiger charge is 2.35. The van der Waals surface area contributed by atoms with Crippen molar-refractivity contribution in [3.05, 3.63) is 29.8 Å². The molecule has 20 heavy (non-hydrogen) atoms. The first-order chi connectivity index (χ1) is 9.52. The first-order valence-corrected chi connectivity index (χ1v) is 7.26. The average Bonchev–Trinajstić information content (AvgIpc) is 2.40. The molecule has 0 aliphatic heterocycles. The number of amides is 1. The summed E-state index contributed by atoms with van der Waals surface area (Å²) in [7, 11) is 0. The van der Waals surface area contributed by atoms with Crippen LogP contribution in [0, 0.1) is 6.92 Å². The molecule has 110 valence electrons. The van der Waals surface area contributed by atoms with Gasteiger partial charge in [0.25, 0.3) is 5.91 Å². The van der Waals surface area contributed by atoms with Gasteiger partial charge in [0.2, 0.25) is 0 Å². The second-order valence-electron chi connectivity index (χ2n) is 5.63. The third-order valence-corrected chi connectivity index (χ3v) is 3.81. The molecule has 1 amide bonds. The molecule has 4 nitrogen and oxygen atoms in total. The number of ether oxygens (including phenoxy) is 1. The van der Waals surface area contributed by atoms with Crippen molar-refractivity contribution in [3.8, 4) is 5.75 Å². The molecule has 1 aromatic rings. The van der Waals surface area contributed by atoms with E-state index >= 15 is 0 Å². The van der Waals surface area contributed by atoms with Gasteiger partial charge in [-0.05, 0) is 50.3 Å². The highest BCUT2D eigenvalue weighted by molar-refractivity contribution is 5.81. The summed E-state index contributed by atoms with van der Waals surface area (Å²) in [6.07, 6.45) is 2.65. The zero-order valence-corrected chi connectivity index (χ0v) is 12.2. The highest BCUT2D eigenvalue weighted by Crippen LogP contribution is 2.30. The van der Waals surface area contributed by atoms with Crippen LogP contribution in [0.15, 0.2) is 24.3 Å². The Morgan fingerprint density at radius 1 is 1.50 bits per heavy atom. The van der Waals surface area contributed by atoms with Crippen LogP contribution in [0.3, 0.4) is 0 Å². The number of carbonyl (C=O) groups is 1. The molecular formula is C16H23NO3. The van der Waals surface area contributed by atoms with E-state index in [4.69, 9.17) is 4.74 Å². The van der Waals surface area contributed by atoms with Crippen molar-refractivity contribution in [2.75, 3.05) is 6.54 Å². The third kappa shape index (κ3) is 3.73. The number of carbonyl (C=O) groups excluding carboxylic acids is 1. The van der Waals surface area contributed by atoms with Crippen LogP contribution in [0.2, 0.25) is 0 Å². The molecule has 4 heteroatoms. The number of hydrogen-bond acceptors (Lipinski definition) is 3. The van der Waals surface area contributed by atoms with E-state index in [9.17, 15) is 9.90 Å². The van der Waals surface area contributed by atoms with Crippen LogP contribution in [0.4, 0.5) is 0 Å². The van der Waals surface area contributed by atoms with Gasteiger partial charge in [0.1, 0.15) is 5.75 Å². The minimum absolute atomic E-state index is 0.158. The zero-order chi connectivity index (χ0) is 14.6. The highest BCUT2D eigenvalue weighted by atomic mass is 16.5. The van der Waals surface area contributed by atoms with Crippen molar-refractivity contribution in [3.63, 3.8) is 0 Å². The fourth-order valence-corrected chi connectivity index (χ4v) is 2.30. The predicted octanol–water partition coefficient (Wildman–Crippen LogP) is 2.18. The fraction of sp³-hybridized carbons (Fsp3) is 0.562. The monoisotopic (exact) mass is 277 g/mol. The van der Waals surface area contributed by atoms with Gasteiger partial charge < -0.3 is 15.2 Å². The van der Waals surface area contributed by atoms with E-state index < -0.39 is 11.7 Å². The molecule has 0 aromatic heterocycles. The first kappa shape index (κ1) is 14.9. The molecule has 0 heterocycles. The molecule has 1 aliphatic rings.